The fourth-order valence-electron chi connectivity index (χ4n) is 7.60. The first kappa shape index (κ1) is 39.4. The van der Waals surface area contributed by atoms with Crippen LogP contribution in [0.4, 0.5) is 0 Å². The predicted octanol–water partition coefficient (Wildman–Crippen LogP) is 13.6. The molecule has 1 aliphatic carbocycles. The van der Waals surface area contributed by atoms with Crippen molar-refractivity contribution in [2.24, 2.45) is 11.8 Å². The van der Waals surface area contributed by atoms with Crippen molar-refractivity contribution in [3.05, 3.63) is 89.3 Å². The molecule has 0 saturated heterocycles. The van der Waals surface area contributed by atoms with Gasteiger partial charge in [0.1, 0.15) is 0 Å². The third-order valence-electron chi connectivity index (χ3n) is 11.2. The van der Waals surface area contributed by atoms with Crippen molar-refractivity contribution < 1.29 is 31.4 Å². The van der Waals surface area contributed by atoms with Gasteiger partial charge in [0.05, 0.1) is 7.13 Å². The quantitative estimate of drug-likeness (QED) is 0.0960. The third-order valence-corrected chi connectivity index (χ3v) is 12.4. The standard InChI is InChI=1S/C33H34NS.C13H24O2.Ir/c1-31(2,3)25-17-21(16-20-10-8-9-11-22(20)25)29-30-23(12-15-34-29)24-18-26-27(19-28(24)35-30)33(6,7)14-13-32(26,4)5;1-5-10(6-2)12(14)9-13(15)11(7-3)8-4;/h8-12,15,17-19H,13-14H2,1-7H3;9-11,14H,5-8H2,1-4H3;/q-1;;/b;12-9-;/i;9D;. The van der Waals surface area contributed by atoms with Crippen LogP contribution in [-0.4, -0.2) is 15.9 Å². The van der Waals surface area contributed by atoms with E-state index in [2.05, 4.69) is 103 Å². The molecule has 0 fully saturated rings. The van der Waals surface area contributed by atoms with Gasteiger partial charge in [-0.2, -0.15) is 0 Å². The van der Waals surface area contributed by atoms with Crippen LogP contribution < -0.4 is 0 Å². The molecule has 0 saturated carbocycles. The predicted molar refractivity (Wildman–Crippen MR) is 217 cm³/mol. The molecular formula is C46H58IrNO2S-. The molecule has 0 atom stereocenters. The number of thiophene rings is 1. The van der Waals surface area contributed by atoms with E-state index in [4.69, 9.17) is 6.35 Å². The van der Waals surface area contributed by atoms with Gasteiger partial charge in [-0.25, -0.2) is 0 Å². The summed E-state index contributed by atoms with van der Waals surface area (Å²) in [6.07, 6.45) is 7.44. The maximum Gasteiger partial charge on any atom is 0.162 e. The van der Waals surface area contributed by atoms with Crippen LogP contribution in [0.1, 0.15) is 133 Å². The Morgan fingerprint density at radius 3 is 2.08 bits per heavy atom. The monoisotopic (exact) mass is 882 g/mol. The molecule has 2 heterocycles. The molecule has 5 heteroatoms. The van der Waals surface area contributed by atoms with Gasteiger partial charge in [0.25, 0.3) is 0 Å². The minimum atomic E-state index is -0.214. The Morgan fingerprint density at radius 2 is 1.49 bits per heavy atom. The second-order valence-electron chi connectivity index (χ2n) is 16.6. The Hall–Kier alpha value is -2.85. The molecule has 5 aromatic rings. The zero-order valence-electron chi connectivity index (χ0n) is 33.6. The summed E-state index contributed by atoms with van der Waals surface area (Å²) in [7, 11) is 0. The van der Waals surface area contributed by atoms with Crippen molar-refractivity contribution in [1.29, 1.82) is 0 Å². The summed E-state index contributed by atoms with van der Waals surface area (Å²) < 4.78 is 10.4. The fourth-order valence-corrected chi connectivity index (χ4v) is 8.82. The van der Waals surface area contributed by atoms with Crippen molar-refractivity contribution in [3.8, 4) is 11.3 Å². The minimum Gasteiger partial charge on any atom is -0.512 e. The van der Waals surface area contributed by atoms with E-state index in [1.165, 1.54) is 55.1 Å². The largest absolute Gasteiger partial charge is 0.512 e. The van der Waals surface area contributed by atoms with Crippen LogP contribution in [0.25, 0.3) is 42.2 Å². The zero-order chi connectivity index (χ0) is 37.5. The number of aliphatic hydroxyl groups is 1. The second-order valence-corrected chi connectivity index (χ2v) is 17.6. The summed E-state index contributed by atoms with van der Waals surface area (Å²) in [6, 6.07) is 21.7. The van der Waals surface area contributed by atoms with E-state index in [-0.39, 0.29) is 65.8 Å². The normalized spacial score (nSPS) is 16.0. The minimum absolute atomic E-state index is 0. The average molecular weight is 882 g/mol. The number of carbonyl (C=O) groups is 1. The van der Waals surface area contributed by atoms with Crippen LogP contribution >= 0.6 is 11.3 Å². The van der Waals surface area contributed by atoms with E-state index in [9.17, 15) is 9.90 Å². The van der Waals surface area contributed by atoms with Crippen LogP contribution in [0.15, 0.2) is 66.5 Å². The number of nitrogens with zero attached hydrogens (tertiary/aromatic N) is 1. The maximum absolute atomic E-state index is 11.9. The smallest absolute Gasteiger partial charge is 0.162 e. The van der Waals surface area contributed by atoms with Crippen molar-refractivity contribution in [2.45, 2.75) is 131 Å². The summed E-state index contributed by atoms with van der Waals surface area (Å²) in [6.45, 7) is 24.3. The zero-order valence-corrected chi connectivity index (χ0v) is 35.8. The number of hydrogen-bond acceptors (Lipinski definition) is 4. The molecule has 2 aromatic heterocycles. The fraction of sp³-hybridized carbons (Fsp3) is 0.478. The van der Waals surface area contributed by atoms with Gasteiger partial charge in [0.2, 0.25) is 0 Å². The Balaban J connectivity index is 0.000000305. The summed E-state index contributed by atoms with van der Waals surface area (Å²) in [5.74, 6) is -0.411. The van der Waals surface area contributed by atoms with Gasteiger partial charge in [0, 0.05) is 64.7 Å². The van der Waals surface area contributed by atoms with Crippen LogP contribution in [0, 0.1) is 17.9 Å². The Kier molecular flexibility index (Phi) is 12.4. The van der Waals surface area contributed by atoms with Crippen LogP contribution in [0.5, 0.6) is 0 Å². The number of hydrogen-bond donors (Lipinski definition) is 1. The average Bonchev–Trinajstić information content (AvgIpc) is 3.48. The Bertz CT molecular complexity index is 2090. The summed E-state index contributed by atoms with van der Waals surface area (Å²) in [5, 5.41) is 15.0. The number of benzene rings is 3. The van der Waals surface area contributed by atoms with Crippen molar-refractivity contribution in [2.75, 3.05) is 0 Å². The molecule has 0 bridgehead atoms. The molecule has 1 aliphatic rings. The third kappa shape index (κ3) is 8.37. The maximum atomic E-state index is 11.9. The number of aliphatic hydroxyl groups excluding tert-OH is 1. The van der Waals surface area contributed by atoms with E-state index in [1.54, 1.807) is 0 Å². The summed E-state index contributed by atoms with van der Waals surface area (Å²) in [5.41, 5.74) is 6.99. The number of pyridine rings is 1. The van der Waals surface area contributed by atoms with Gasteiger partial charge < -0.3 is 5.11 Å². The molecule has 6 rings (SSSR count). The number of ketones is 1. The molecule has 0 aliphatic heterocycles. The van der Waals surface area contributed by atoms with Gasteiger partial charge >= 0.3 is 0 Å². The Morgan fingerprint density at radius 1 is 0.902 bits per heavy atom. The molecular weight excluding hydrogens is 823 g/mol. The van der Waals surface area contributed by atoms with E-state index >= 15 is 0 Å². The molecule has 3 aromatic carbocycles. The van der Waals surface area contributed by atoms with E-state index < -0.39 is 0 Å². The van der Waals surface area contributed by atoms with Crippen LogP contribution in [0.2, 0.25) is 0 Å². The number of allylic oxidation sites excluding steroid dienone is 2. The van der Waals surface area contributed by atoms with Crippen molar-refractivity contribution in [3.63, 3.8) is 0 Å². The van der Waals surface area contributed by atoms with Crippen LogP contribution in [-0.2, 0) is 41.1 Å². The first-order chi connectivity index (χ1) is 24.0. The number of carbonyl (C=O) groups excluding carboxylic acids is 1. The molecule has 1 radical (unpaired) electrons. The van der Waals surface area contributed by atoms with Gasteiger partial charge in [-0.1, -0.05) is 105 Å². The SMILES string of the molecule is CC(C)(C)c1cc(-c2nccc3c2sc2cc4c(cc23)C(C)(C)CCC4(C)C)[c-]c2ccccc12.[2H]/C(C(=O)C(CC)CC)=C(/O)C(CC)CC.[Ir]. The van der Waals surface area contributed by atoms with Crippen molar-refractivity contribution in [1.82, 2.24) is 4.98 Å². The molecule has 275 valence electrons. The first-order valence-electron chi connectivity index (χ1n) is 19.2. The number of rotatable bonds is 8. The van der Waals surface area contributed by atoms with Gasteiger partial charge in [-0.05, 0) is 89.5 Å². The van der Waals surface area contributed by atoms with Crippen molar-refractivity contribution >= 4 is 48.1 Å². The number of aromatic nitrogens is 1. The molecule has 3 nitrogen and oxygen atoms in total. The molecule has 0 spiro atoms. The Labute approximate surface area is 326 Å². The van der Waals surface area contributed by atoms with Gasteiger partial charge in [-0.15, -0.1) is 40.5 Å². The second kappa shape index (κ2) is 16.0. The molecule has 0 unspecified atom stereocenters. The number of fused-ring (bicyclic) bond motifs is 5. The summed E-state index contributed by atoms with van der Waals surface area (Å²) in [4.78, 5) is 16.8. The molecule has 0 amide bonds. The van der Waals surface area contributed by atoms with Gasteiger partial charge in [-0.3, -0.25) is 9.78 Å². The topological polar surface area (TPSA) is 50.2 Å². The first-order valence-corrected chi connectivity index (χ1v) is 19.6. The summed E-state index contributed by atoms with van der Waals surface area (Å²) >= 11 is 1.89. The van der Waals surface area contributed by atoms with Gasteiger partial charge in [0.15, 0.2) is 5.78 Å². The van der Waals surface area contributed by atoms with Crippen LogP contribution in [0.3, 0.4) is 0 Å². The molecule has 1 N–H and O–H groups in total. The molecule has 51 heavy (non-hydrogen) atoms. The van der Waals surface area contributed by atoms with E-state index in [1.807, 2.05) is 45.2 Å². The van der Waals surface area contributed by atoms with E-state index in [0.717, 1.165) is 42.3 Å². The van der Waals surface area contributed by atoms with E-state index in [0.29, 0.717) is 0 Å².